The van der Waals surface area contributed by atoms with Crippen molar-refractivity contribution >= 4 is 0 Å². The number of benzene rings is 1. The second kappa shape index (κ2) is 7.31. The van der Waals surface area contributed by atoms with Crippen molar-refractivity contribution in [1.29, 1.82) is 0 Å². The number of unbranched alkanes of at least 4 members (excludes halogenated alkanes) is 1. The van der Waals surface area contributed by atoms with Crippen molar-refractivity contribution in [2.24, 2.45) is 0 Å². The third kappa shape index (κ3) is 4.74. The number of para-hydroxylation sites is 1. The molecule has 1 aliphatic rings. The lowest BCUT2D eigenvalue weighted by Crippen LogP contribution is -3.09. The zero-order chi connectivity index (χ0) is 15.3. The van der Waals surface area contributed by atoms with E-state index in [9.17, 15) is 0 Å². The van der Waals surface area contributed by atoms with E-state index in [0.717, 1.165) is 12.4 Å². The van der Waals surface area contributed by atoms with E-state index in [4.69, 9.17) is 4.74 Å². The van der Waals surface area contributed by atoms with E-state index in [0.29, 0.717) is 0 Å². The second-order valence-corrected chi connectivity index (χ2v) is 7.46. The first kappa shape index (κ1) is 16.4. The zero-order valence-corrected chi connectivity index (χ0v) is 14.3. The maximum absolute atomic E-state index is 6.15. The van der Waals surface area contributed by atoms with E-state index >= 15 is 0 Å². The van der Waals surface area contributed by atoms with Gasteiger partial charge in [-0.3, -0.25) is 0 Å². The van der Waals surface area contributed by atoms with Crippen LogP contribution in [0.1, 0.15) is 57.6 Å². The SMILES string of the molecule is Cc1cccc(C(C)(C)C)c1OCCCC[NH+]1CCCC1. The third-order valence-electron chi connectivity index (χ3n) is 4.50. The fourth-order valence-corrected chi connectivity index (χ4v) is 3.21. The Labute approximate surface area is 130 Å². The molecular weight excluding hydrogens is 258 g/mol. The van der Waals surface area contributed by atoms with E-state index < -0.39 is 0 Å². The van der Waals surface area contributed by atoms with E-state index in [1.807, 2.05) is 0 Å². The fraction of sp³-hybridized carbons (Fsp3) is 0.684. The van der Waals surface area contributed by atoms with Crippen molar-refractivity contribution in [2.45, 2.75) is 58.8 Å². The van der Waals surface area contributed by atoms with Crippen LogP contribution in [0.2, 0.25) is 0 Å². The van der Waals surface area contributed by atoms with E-state index in [1.54, 1.807) is 4.90 Å². The first-order chi connectivity index (χ1) is 9.98. The summed E-state index contributed by atoms with van der Waals surface area (Å²) in [5.41, 5.74) is 2.72. The van der Waals surface area contributed by atoms with Gasteiger partial charge in [0, 0.05) is 12.8 Å². The van der Waals surface area contributed by atoms with Crippen LogP contribution in [0.25, 0.3) is 0 Å². The Kier molecular flexibility index (Phi) is 5.69. The minimum atomic E-state index is 0.140. The summed E-state index contributed by atoms with van der Waals surface area (Å²) in [6.07, 6.45) is 5.29. The van der Waals surface area contributed by atoms with Crippen LogP contribution in [0.4, 0.5) is 0 Å². The lowest BCUT2D eigenvalue weighted by Gasteiger charge is -2.24. The summed E-state index contributed by atoms with van der Waals surface area (Å²) in [7, 11) is 0. The highest BCUT2D eigenvalue weighted by atomic mass is 16.5. The van der Waals surface area contributed by atoms with Crippen LogP contribution in [0.3, 0.4) is 0 Å². The topological polar surface area (TPSA) is 13.7 Å². The first-order valence-corrected chi connectivity index (χ1v) is 8.55. The lowest BCUT2D eigenvalue weighted by atomic mass is 9.85. The van der Waals surface area contributed by atoms with Gasteiger partial charge in [0.15, 0.2) is 0 Å². The van der Waals surface area contributed by atoms with Crippen LogP contribution in [-0.4, -0.2) is 26.2 Å². The molecule has 1 aromatic carbocycles. The van der Waals surface area contributed by atoms with Crippen LogP contribution < -0.4 is 9.64 Å². The van der Waals surface area contributed by atoms with Gasteiger partial charge in [-0.1, -0.05) is 39.0 Å². The minimum Gasteiger partial charge on any atom is -0.493 e. The Morgan fingerprint density at radius 2 is 1.81 bits per heavy atom. The fourth-order valence-electron chi connectivity index (χ4n) is 3.21. The molecular formula is C19H32NO+. The number of hydrogen-bond donors (Lipinski definition) is 1. The van der Waals surface area contributed by atoms with Gasteiger partial charge >= 0.3 is 0 Å². The molecule has 0 spiro atoms. The molecule has 1 N–H and O–H groups in total. The maximum atomic E-state index is 6.15. The number of ether oxygens (including phenoxy) is 1. The first-order valence-electron chi connectivity index (χ1n) is 8.55. The summed E-state index contributed by atoms with van der Waals surface area (Å²) in [6, 6.07) is 6.50. The molecule has 0 atom stereocenters. The summed E-state index contributed by atoms with van der Waals surface area (Å²) in [4.78, 5) is 1.79. The van der Waals surface area contributed by atoms with Gasteiger partial charge in [0.25, 0.3) is 0 Å². The summed E-state index contributed by atoms with van der Waals surface area (Å²) in [5, 5.41) is 0. The van der Waals surface area contributed by atoms with Crippen molar-refractivity contribution in [3.63, 3.8) is 0 Å². The lowest BCUT2D eigenvalue weighted by molar-refractivity contribution is -0.887. The van der Waals surface area contributed by atoms with Crippen LogP contribution in [0.5, 0.6) is 5.75 Å². The zero-order valence-electron chi connectivity index (χ0n) is 14.3. The van der Waals surface area contributed by atoms with E-state index in [-0.39, 0.29) is 5.41 Å². The molecule has 0 unspecified atom stereocenters. The molecule has 1 aliphatic heterocycles. The van der Waals surface area contributed by atoms with Gasteiger partial charge in [0.05, 0.1) is 26.2 Å². The van der Waals surface area contributed by atoms with Gasteiger partial charge in [-0.15, -0.1) is 0 Å². The van der Waals surface area contributed by atoms with Crippen molar-refractivity contribution in [3.05, 3.63) is 29.3 Å². The average molecular weight is 290 g/mol. The number of rotatable bonds is 6. The van der Waals surface area contributed by atoms with Crippen LogP contribution in [-0.2, 0) is 5.41 Å². The van der Waals surface area contributed by atoms with Gasteiger partial charge in [-0.25, -0.2) is 0 Å². The van der Waals surface area contributed by atoms with Crippen molar-refractivity contribution in [3.8, 4) is 5.75 Å². The molecule has 1 heterocycles. The molecule has 0 saturated carbocycles. The van der Waals surface area contributed by atoms with Crippen LogP contribution in [0.15, 0.2) is 18.2 Å². The number of nitrogens with one attached hydrogen (secondary N) is 1. The van der Waals surface area contributed by atoms with Crippen molar-refractivity contribution in [1.82, 2.24) is 0 Å². The summed E-state index contributed by atoms with van der Waals surface area (Å²) < 4.78 is 6.15. The average Bonchev–Trinajstić information content (AvgIpc) is 2.92. The largest absolute Gasteiger partial charge is 0.493 e. The highest BCUT2D eigenvalue weighted by molar-refractivity contribution is 5.44. The molecule has 2 heteroatoms. The Morgan fingerprint density at radius 3 is 2.48 bits per heavy atom. The molecule has 0 amide bonds. The standard InChI is InChI=1S/C19H31NO/c1-16-10-9-11-17(19(2,3)4)18(16)21-15-8-7-14-20-12-5-6-13-20/h9-11H,5-8,12-15H2,1-4H3/p+1. The van der Waals surface area contributed by atoms with Gasteiger partial charge in [0.1, 0.15) is 5.75 Å². The second-order valence-electron chi connectivity index (χ2n) is 7.46. The maximum Gasteiger partial charge on any atom is 0.125 e. The van der Waals surface area contributed by atoms with Gasteiger partial charge in [0.2, 0.25) is 0 Å². The molecule has 0 bridgehead atoms. The smallest absolute Gasteiger partial charge is 0.125 e. The summed E-state index contributed by atoms with van der Waals surface area (Å²) in [5.74, 6) is 1.11. The highest BCUT2D eigenvalue weighted by Crippen LogP contribution is 2.33. The van der Waals surface area contributed by atoms with Crippen molar-refractivity contribution in [2.75, 3.05) is 26.2 Å². The molecule has 0 aliphatic carbocycles. The molecule has 1 aromatic rings. The van der Waals surface area contributed by atoms with Gasteiger partial charge < -0.3 is 9.64 Å². The number of likely N-dealkylation sites (tertiary alicyclic amines) is 1. The number of quaternary nitrogens is 1. The molecule has 1 saturated heterocycles. The molecule has 0 aromatic heterocycles. The Morgan fingerprint density at radius 1 is 1.10 bits per heavy atom. The quantitative estimate of drug-likeness (QED) is 0.795. The molecule has 118 valence electrons. The molecule has 2 rings (SSSR count). The Hall–Kier alpha value is -1.02. The highest BCUT2D eigenvalue weighted by Gasteiger charge is 2.20. The van der Waals surface area contributed by atoms with Gasteiger partial charge in [-0.2, -0.15) is 0 Å². The normalized spacial score (nSPS) is 16.4. The summed E-state index contributed by atoms with van der Waals surface area (Å²) in [6.45, 7) is 13.9. The monoisotopic (exact) mass is 290 g/mol. The van der Waals surface area contributed by atoms with E-state index in [2.05, 4.69) is 45.9 Å². The Balaban J connectivity index is 1.82. The van der Waals surface area contributed by atoms with Gasteiger partial charge in [-0.05, 0) is 36.3 Å². The summed E-state index contributed by atoms with van der Waals surface area (Å²) >= 11 is 0. The molecule has 0 radical (unpaired) electrons. The molecule has 21 heavy (non-hydrogen) atoms. The number of hydrogen-bond acceptors (Lipinski definition) is 1. The van der Waals surface area contributed by atoms with Crippen molar-refractivity contribution < 1.29 is 9.64 Å². The Bertz CT molecular complexity index is 441. The van der Waals surface area contributed by atoms with Crippen LogP contribution >= 0.6 is 0 Å². The predicted molar refractivity (Wildman–Crippen MR) is 89.4 cm³/mol. The predicted octanol–water partition coefficient (Wildman–Crippen LogP) is 3.13. The molecule has 2 nitrogen and oxygen atoms in total. The third-order valence-corrected chi connectivity index (χ3v) is 4.50. The van der Waals surface area contributed by atoms with Crippen LogP contribution in [0, 0.1) is 6.92 Å². The number of aryl methyl sites for hydroxylation is 1. The minimum absolute atomic E-state index is 0.140. The molecule has 1 fully saturated rings. The van der Waals surface area contributed by atoms with E-state index in [1.165, 1.54) is 56.4 Å².